The summed E-state index contributed by atoms with van der Waals surface area (Å²) in [6.07, 6.45) is 1.83. The van der Waals surface area contributed by atoms with Gasteiger partial charge in [0.2, 0.25) is 5.91 Å². The third kappa shape index (κ3) is 2.29. The van der Waals surface area contributed by atoms with Crippen molar-refractivity contribution >= 4 is 11.6 Å². The number of hydrogen-bond donors (Lipinski definition) is 1. The first-order valence-corrected chi connectivity index (χ1v) is 5.21. The number of nitrogens with zero attached hydrogens (tertiary/aromatic N) is 4. The number of aromatic nitrogens is 1. The van der Waals surface area contributed by atoms with Gasteiger partial charge in [0, 0.05) is 30.6 Å². The normalized spacial score (nSPS) is 19.2. The standard InChI is InChI=1S/C10H11N5O2/c11-14-13-5-7-4-9(16)15(6-7)8-2-1-3-12-10(8)17/h1-3,7H,4-6H2,(H,12,17). The van der Waals surface area contributed by atoms with Crippen LogP contribution in [0.5, 0.6) is 0 Å². The van der Waals surface area contributed by atoms with E-state index in [9.17, 15) is 9.59 Å². The van der Waals surface area contributed by atoms with Crippen LogP contribution in [0.1, 0.15) is 6.42 Å². The Morgan fingerprint density at radius 3 is 3.12 bits per heavy atom. The van der Waals surface area contributed by atoms with Crippen molar-refractivity contribution in [2.75, 3.05) is 18.0 Å². The van der Waals surface area contributed by atoms with Gasteiger partial charge in [0.05, 0.1) is 0 Å². The van der Waals surface area contributed by atoms with E-state index in [4.69, 9.17) is 5.53 Å². The van der Waals surface area contributed by atoms with Gasteiger partial charge in [-0.15, -0.1) is 0 Å². The fourth-order valence-electron chi connectivity index (χ4n) is 1.91. The van der Waals surface area contributed by atoms with Gasteiger partial charge in [-0.3, -0.25) is 9.59 Å². The molecule has 0 saturated carbocycles. The molecule has 0 aliphatic carbocycles. The van der Waals surface area contributed by atoms with Gasteiger partial charge < -0.3 is 9.88 Å². The summed E-state index contributed by atoms with van der Waals surface area (Å²) in [4.78, 5) is 29.9. The van der Waals surface area contributed by atoms with E-state index >= 15 is 0 Å². The lowest BCUT2D eigenvalue weighted by molar-refractivity contribution is -0.117. The number of carbonyl (C=O) groups excluding carboxylic acids is 1. The molecule has 0 spiro atoms. The molecule has 1 atom stereocenters. The fourth-order valence-corrected chi connectivity index (χ4v) is 1.91. The van der Waals surface area contributed by atoms with Gasteiger partial charge in [0.15, 0.2) is 0 Å². The van der Waals surface area contributed by atoms with E-state index in [1.807, 2.05) is 0 Å². The first-order chi connectivity index (χ1) is 8.22. The van der Waals surface area contributed by atoms with Crippen molar-refractivity contribution in [3.63, 3.8) is 0 Å². The van der Waals surface area contributed by atoms with Gasteiger partial charge in [-0.25, -0.2) is 0 Å². The monoisotopic (exact) mass is 233 g/mol. The lowest BCUT2D eigenvalue weighted by Gasteiger charge is -2.14. The second-order valence-corrected chi connectivity index (χ2v) is 3.87. The Bertz CT molecular complexity index is 531. The molecule has 0 bridgehead atoms. The van der Waals surface area contributed by atoms with Crippen LogP contribution in [0.2, 0.25) is 0 Å². The maximum atomic E-state index is 11.7. The number of anilines is 1. The van der Waals surface area contributed by atoms with Crippen LogP contribution in [0, 0.1) is 5.92 Å². The molecule has 1 unspecified atom stereocenters. The topological polar surface area (TPSA) is 102 Å². The summed E-state index contributed by atoms with van der Waals surface area (Å²) in [7, 11) is 0. The molecule has 88 valence electrons. The molecule has 1 aliphatic rings. The zero-order valence-corrected chi connectivity index (χ0v) is 9.04. The molecule has 17 heavy (non-hydrogen) atoms. The highest BCUT2D eigenvalue weighted by atomic mass is 16.2. The van der Waals surface area contributed by atoms with Crippen molar-refractivity contribution < 1.29 is 4.79 Å². The van der Waals surface area contributed by atoms with E-state index < -0.39 is 0 Å². The van der Waals surface area contributed by atoms with Crippen molar-refractivity contribution in [3.05, 3.63) is 39.1 Å². The minimum absolute atomic E-state index is 0.0157. The van der Waals surface area contributed by atoms with Crippen LogP contribution in [-0.4, -0.2) is 24.0 Å². The van der Waals surface area contributed by atoms with E-state index in [0.29, 0.717) is 18.7 Å². The van der Waals surface area contributed by atoms with Crippen molar-refractivity contribution in [1.82, 2.24) is 4.98 Å². The first-order valence-electron chi connectivity index (χ1n) is 5.21. The van der Waals surface area contributed by atoms with Gasteiger partial charge >= 0.3 is 0 Å². The second-order valence-electron chi connectivity index (χ2n) is 3.87. The van der Waals surface area contributed by atoms with Gasteiger partial charge in [-0.2, -0.15) is 0 Å². The van der Waals surface area contributed by atoms with Crippen molar-refractivity contribution in [1.29, 1.82) is 0 Å². The van der Waals surface area contributed by atoms with Gasteiger partial charge in [0.25, 0.3) is 5.56 Å². The number of rotatable bonds is 3. The maximum Gasteiger partial charge on any atom is 0.271 e. The first kappa shape index (κ1) is 11.2. The van der Waals surface area contributed by atoms with Crippen LogP contribution in [0.25, 0.3) is 10.4 Å². The smallest absolute Gasteiger partial charge is 0.271 e. The molecular weight excluding hydrogens is 222 g/mol. The largest absolute Gasteiger partial charge is 0.327 e. The fraction of sp³-hybridized carbons (Fsp3) is 0.400. The number of H-pyrrole nitrogens is 1. The van der Waals surface area contributed by atoms with Crippen molar-refractivity contribution in [2.24, 2.45) is 11.0 Å². The third-order valence-corrected chi connectivity index (χ3v) is 2.70. The van der Waals surface area contributed by atoms with Crippen LogP contribution < -0.4 is 10.5 Å². The molecule has 2 heterocycles. The number of pyridine rings is 1. The Morgan fingerprint density at radius 2 is 2.41 bits per heavy atom. The van der Waals surface area contributed by atoms with E-state index in [0.717, 1.165) is 0 Å². The molecule has 7 heteroatoms. The summed E-state index contributed by atoms with van der Waals surface area (Å²) >= 11 is 0. The van der Waals surface area contributed by atoms with Crippen LogP contribution in [0.4, 0.5) is 5.69 Å². The molecule has 0 aromatic carbocycles. The molecule has 1 fully saturated rings. The number of carbonyl (C=O) groups is 1. The third-order valence-electron chi connectivity index (χ3n) is 2.70. The Morgan fingerprint density at radius 1 is 1.59 bits per heavy atom. The predicted octanol–water partition coefficient (Wildman–Crippen LogP) is 1.04. The minimum atomic E-state index is -0.287. The number of aromatic amines is 1. The Kier molecular flexibility index (Phi) is 3.11. The summed E-state index contributed by atoms with van der Waals surface area (Å²) in [5.41, 5.74) is 8.29. The van der Waals surface area contributed by atoms with Gasteiger partial charge in [-0.05, 0) is 23.6 Å². The molecule has 1 aromatic heterocycles. The second kappa shape index (κ2) is 4.71. The minimum Gasteiger partial charge on any atom is -0.327 e. The molecule has 7 nitrogen and oxygen atoms in total. The highest BCUT2D eigenvalue weighted by molar-refractivity contribution is 5.95. The molecular formula is C10H11N5O2. The highest BCUT2D eigenvalue weighted by Gasteiger charge is 2.31. The van der Waals surface area contributed by atoms with Crippen LogP contribution in [0.15, 0.2) is 28.2 Å². The van der Waals surface area contributed by atoms with E-state index in [1.165, 1.54) is 11.1 Å². The van der Waals surface area contributed by atoms with Gasteiger partial charge in [0.1, 0.15) is 5.69 Å². The quantitative estimate of drug-likeness (QED) is 0.479. The van der Waals surface area contributed by atoms with E-state index in [1.54, 1.807) is 12.1 Å². The summed E-state index contributed by atoms with van der Waals surface area (Å²) in [5.74, 6) is -0.127. The summed E-state index contributed by atoms with van der Waals surface area (Å²) in [5, 5.41) is 3.45. The average Bonchev–Trinajstić information content (AvgIpc) is 2.68. The maximum absolute atomic E-state index is 11.7. The summed E-state index contributed by atoms with van der Waals surface area (Å²) in [6, 6.07) is 3.28. The van der Waals surface area contributed by atoms with E-state index in [2.05, 4.69) is 15.0 Å². The van der Waals surface area contributed by atoms with Crippen LogP contribution in [-0.2, 0) is 4.79 Å². The predicted molar refractivity (Wildman–Crippen MR) is 61.5 cm³/mol. The highest BCUT2D eigenvalue weighted by Crippen LogP contribution is 2.22. The van der Waals surface area contributed by atoms with Gasteiger partial charge in [-0.1, -0.05) is 5.11 Å². The van der Waals surface area contributed by atoms with Crippen molar-refractivity contribution in [2.45, 2.75) is 6.42 Å². The summed E-state index contributed by atoms with van der Waals surface area (Å²) in [6.45, 7) is 0.703. The zero-order valence-electron chi connectivity index (χ0n) is 9.04. The summed E-state index contributed by atoms with van der Waals surface area (Å²) < 4.78 is 0. The number of amides is 1. The Balaban J connectivity index is 2.19. The molecule has 2 rings (SSSR count). The van der Waals surface area contributed by atoms with Crippen LogP contribution in [0.3, 0.4) is 0 Å². The molecule has 1 aromatic rings. The number of hydrogen-bond acceptors (Lipinski definition) is 3. The Hall–Kier alpha value is -2.27. The lowest BCUT2D eigenvalue weighted by atomic mass is 10.1. The molecule has 1 N–H and O–H groups in total. The molecule has 1 amide bonds. The number of azide groups is 1. The van der Waals surface area contributed by atoms with Crippen LogP contribution >= 0.6 is 0 Å². The molecule has 1 saturated heterocycles. The van der Waals surface area contributed by atoms with Crippen molar-refractivity contribution in [3.8, 4) is 0 Å². The number of nitrogens with one attached hydrogen (secondary N) is 1. The zero-order chi connectivity index (χ0) is 12.3. The molecule has 0 radical (unpaired) electrons. The Labute approximate surface area is 96.7 Å². The SMILES string of the molecule is [N-]=[N+]=NCC1CC(=O)N(c2ccc[nH]c2=O)C1. The van der Waals surface area contributed by atoms with E-state index in [-0.39, 0.29) is 23.9 Å². The average molecular weight is 233 g/mol. The molecule has 1 aliphatic heterocycles. The lowest BCUT2D eigenvalue weighted by Crippen LogP contribution is -2.30.